The third-order valence-corrected chi connectivity index (χ3v) is 4.70. The highest BCUT2D eigenvalue weighted by Gasteiger charge is 2.29. The van der Waals surface area contributed by atoms with E-state index in [0.29, 0.717) is 5.01 Å². The van der Waals surface area contributed by atoms with Gasteiger partial charge in [0.25, 0.3) is 5.91 Å². The molecule has 104 valence electrons. The van der Waals surface area contributed by atoms with E-state index in [0.717, 1.165) is 31.2 Å². The summed E-state index contributed by atoms with van der Waals surface area (Å²) < 4.78 is 0. The van der Waals surface area contributed by atoms with Crippen LogP contribution in [0.4, 0.5) is 5.82 Å². The van der Waals surface area contributed by atoms with Crippen molar-refractivity contribution in [3.63, 3.8) is 0 Å². The van der Waals surface area contributed by atoms with Gasteiger partial charge in [-0.25, -0.2) is 4.98 Å². The molecule has 2 aliphatic rings. The maximum absolute atomic E-state index is 12.0. The largest absolute Gasteiger partial charge is 0.355 e. The van der Waals surface area contributed by atoms with Crippen LogP contribution in [0.5, 0.6) is 0 Å². The average Bonchev–Trinajstić information content (AvgIpc) is 3.05. The summed E-state index contributed by atoms with van der Waals surface area (Å²) >= 11 is 1.57. The molecule has 0 unspecified atom stereocenters. The zero-order chi connectivity index (χ0) is 13.4. The number of hydrogen-bond donors (Lipinski definition) is 1. The van der Waals surface area contributed by atoms with Crippen molar-refractivity contribution in [1.29, 1.82) is 0 Å². The standard InChI is InChI=1S/C14H21N3OS/c1-9(2)15-13(18)14-16-12-11(19-14)4-3-7-17(12)8-10-5-6-10/h9-10H,3-8H2,1-2H3,(H,15,18). The second-order valence-electron chi connectivity index (χ2n) is 5.89. The number of aryl methyl sites for hydroxylation is 1. The van der Waals surface area contributed by atoms with E-state index < -0.39 is 0 Å². The van der Waals surface area contributed by atoms with Gasteiger partial charge in [0.1, 0.15) is 5.82 Å². The van der Waals surface area contributed by atoms with E-state index in [-0.39, 0.29) is 11.9 Å². The quantitative estimate of drug-likeness (QED) is 0.921. The number of rotatable bonds is 4. The van der Waals surface area contributed by atoms with E-state index >= 15 is 0 Å². The van der Waals surface area contributed by atoms with Crippen molar-refractivity contribution in [2.75, 3.05) is 18.0 Å². The van der Waals surface area contributed by atoms with E-state index in [1.807, 2.05) is 13.8 Å². The summed E-state index contributed by atoms with van der Waals surface area (Å²) in [5, 5.41) is 3.55. The van der Waals surface area contributed by atoms with Crippen molar-refractivity contribution in [2.45, 2.75) is 45.6 Å². The Hall–Kier alpha value is -1.10. The van der Waals surface area contributed by atoms with Gasteiger partial charge in [-0.3, -0.25) is 4.79 Å². The van der Waals surface area contributed by atoms with Crippen molar-refractivity contribution < 1.29 is 4.79 Å². The van der Waals surface area contributed by atoms with E-state index in [1.165, 1.54) is 24.1 Å². The molecule has 0 radical (unpaired) electrons. The summed E-state index contributed by atoms with van der Waals surface area (Å²) in [5.41, 5.74) is 0. The van der Waals surface area contributed by atoms with Crippen LogP contribution in [0.15, 0.2) is 0 Å². The molecular formula is C14H21N3OS. The number of carbonyl (C=O) groups is 1. The highest BCUT2D eigenvalue weighted by molar-refractivity contribution is 7.14. The minimum Gasteiger partial charge on any atom is -0.355 e. The van der Waals surface area contributed by atoms with Gasteiger partial charge in [0.15, 0.2) is 5.01 Å². The molecule has 0 saturated heterocycles. The highest BCUT2D eigenvalue weighted by Crippen LogP contribution is 2.36. The first-order chi connectivity index (χ1) is 9.13. The lowest BCUT2D eigenvalue weighted by molar-refractivity contribution is 0.0943. The van der Waals surface area contributed by atoms with E-state index in [4.69, 9.17) is 0 Å². The van der Waals surface area contributed by atoms with Crippen LogP contribution in [0.3, 0.4) is 0 Å². The molecule has 0 bridgehead atoms. The Balaban J connectivity index is 1.78. The summed E-state index contributed by atoms with van der Waals surface area (Å²) in [7, 11) is 0. The average molecular weight is 279 g/mol. The van der Waals surface area contributed by atoms with Gasteiger partial charge < -0.3 is 10.2 Å². The first-order valence-electron chi connectivity index (χ1n) is 7.19. The molecule has 1 aromatic heterocycles. The van der Waals surface area contributed by atoms with Crippen molar-refractivity contribution >= 4 is 23.1 Å². The predicted octanol–water partition coefficient (Wildman–Crippen LogP) is 2.44. The molecular weight excluding hydrogens is 258 g/mol. The molecule has 0 spiro atoms. The smallest absolute Gasteiger partial charge is 0.280 e. The Morgan fingerprint density at radius 1 is 1.53 bits per heavy atom. The zero-order valence-electron chi connectivity index (χ0n) is 11.6. The van der Waals surface area contributed by atoms with Gasteiger partial charge in [-0.15, -0.1) is 11.3 Å². The Morgan fingerprint density at radius 3 is 3.00 bits per heavy atom. The van der Waals surface area contributed by atoms with Gasteiger partial charge in [-0.1, -0.05) is 0 Å². The third kappa shape index (κ3) is 2.91. The topological polar surface area (TPSA) is 45.2 Å². The van der Waals surface area contributed by atoms with E-state index in [2.05, 4.69) is 15.2 Å². The van der Waals surface area contributed by atoms with Crippen LogP contribution < -0.4 is 10.2 Å². The maximum atomic E-state index is 12.0. The van der Waals surface area contributed by atoms with Crippen molar-refractivity contribution in [3.05, 3.63) is 9.88 Å². The molecule has 1 aliphatic heterocycles. The third-order valence-electron chi connectivity index (χ3n) is 3.60. The van der Waals surface area contributed by atoms with Crippen molar-refractivity contribution in [3.8, 4) is 0 Å². The minimum atomic E-state index is -0.0271. The van der Waals surface area contributed by atoms with Crippen LogP contribution in [0.25, 0.3) is 0 Å². The molecule has 3 rings (SSSR count). The molecule has 1 aliphatic carbocycles. The van der Waals surface area contributed by atoms with Gasteiger partial charge in [-0.05, 0) is 45.4 Å². The molecule has 2 heterocycles. The van der Waals surface area contributed by atoms with Crippen LogP contribution in [0.1, 0.15) is 47.8 Å². The molecule has 5 heteroatoms. The lowest BCUT2D eigenvalue weighted by Crippen LogP contribution is -2.32. The van der Waals surface area contributed by atoms with Crippen LogP contribution in [-0.2, 0) is 6.42 Å². The SMILES string of the molecule is CC(C)NC(=O)c1nc2c(s1)CCCN2CC1CC1. The molecule has 19 heavy (non-hydrogen) atoms. The molecule has 0 atom stereocenters. The number of anilines is 1. The lowest BCUT2D eigenvalue weighted by Gasteiger charge is -2.27. The molecule has 1 amide bonds. The summed E-state index contributed by atoms with van der Waals surface area (Å²) in [6, 6.07) is 0.163. The zero-order valence-corrected chi connectivity index (χ0v) is 12.4. The number of carbonyl (C=O) groups excluding carboxylic acids is 1. The first-order valence-corrected chi connectivity index (χ1v) is 8.00. The Morgan fingerprint density at radius 2 is 2.32 bits per heavy atom. The van der Waals surface area contributed by atoms with Crippen LogP contribution in [0.2, 0.25) is 0 Å². The van der Waals surface area contributed by atoms with E-state index in [9.17, 15) is 4.79 Å². The van der Waals surface area contributed by atoms with Crippen molar-refractivity contribution in [2.24, 2.45) is 5.92 Å². The number of nitrogens with one attached hydrogen (secondary N) is 1. The first kappa shape index (κ1) is 12.9. The second kappa shape index (κ2) is 5.12. The molecule has 0 aromatic carbocycles. The van der Waals surface area contributed by atoms with Gasteiger partial charge >= 0.3 is 0 Å². The number of nitrogens with zero attached hydrogens (tertiary/aromatic N) is 2. The fourth-order valence-corrected chi connectivity index (χ4v) is 3.53. The number of amides is 1. The molecule has 4 nitrogen and oxygen atoms in total. The van der Waals surface area contributed by atoms with Gasteiger partial charge in [0.05, 0.1) is 0 Å². The number of thiazole rings is 1. The van der Waals surface area contributed by atoms with Crippen LogP contribution in [0, 0.1) is 5.92 Å². The van der Waals surface area contributed by atoms with Gasteiger partial charge in [0.2, 0.25) is 0 Å². The summed E-state index contributed by atoms with van der Waals surface area (Å²) in [6.07, 6.45) is 4.98. The summed E-state index contributed by atoms with van der Waals surface area (Å²) in [4.78, 5) is 20.3. The van der Waals surface area contributed by atoms with Gasteiger partial charge in [0, 0.05) is 24.0 Å². The lowest BCUT2D eigenvalue weighted by atomic mass is 10.1. The number of fused-ring (bicyclic) bond motifs is 1. The Labute approximate surface area is 118 Å². The van der Waals surface area contributed by atoms with Crippen molar-refractivity contribution in [1.82, 2.24) is 10.3 Å². The Bertz CT molecular complexity index is 479. The highest BCUT2D eigenvalue weighted by atomic mass is 32.1. The predicted molar refractivity (Wildman–Crippen MR) is 78.0 cm³/mol. The molecule has 1 fully saturated rings. The van der Waals surface area contributed by atoms with Crippen LogP contribution in [-0.4, -0.2) is 30.0 Å². The monoisotopic (exact) mass is 279 g/mol. The van der Waals surface area contributed by atoms with Crippen LogP contribution >= 0.6 is 11.3 Å². The maximum Gasteiger partial charge on any atom is 0.280 e. The molecule has 1 N–H and O–H groups in total. The number of aromatic nitrogens is 1. The number of hydrogen-bond acceptors (Lipinski definition) is 4. The fourth-order valence-electron chi connectivity index (χ4n) is 2.50. The fraction of sp³-hybridized carbons (Fsp3) is 0.714. The summed E-state index contributed by atoms with van der Waals surface area (Å²) in [5.74, 6) is 1.92. The normalized spacial score (nSPS) is 18.6. The van der Waals surface area contributed by atoms with E-state index in [1.54, 1.807) is 11.3 Å². The molecule has 1 saturated carbocycles. The Kier molecular flexibility index (Phi) is 3.48. The summed E-state index contributed by atoms with van der Waals surface area (Å²) in [6.45, 7) is 6.18. The molecule has 1 aromatic rings. The minimum absolute atomic E-state index is 0.0271. The van der Waals surface area contributed by atoms with Gasteiger partial charge in [-0.2, -0.15) is 0 Å². The second-order valence-corrected chi connectivity index (χ2v) is 6.97.